The van der Waals surface area contributed by atoms with Crippen LogP contribution in [0.2, 0.25) is 0 Å². The van der Waals surface area contributed by atoms with Crippen molar-refractivity contribution < 1.29 is 25.9 Å². The molecule has 3 aromatic carbocycles. The van der Waals surface area contributed by atoms with Crippen LogP contribution in [-0.2, 0) is 20.2 Å². The van der Waals surface area contributed by atoms with Gasteiger partial charge in [0.1, 0.15) is 23.0 Å². The molecular formula is C34H42N10O6S4. The molecule has 0 amide bonds. The van der Waals surface area contributed by atoms with Gasteiger partial charge in [0.2, 0.25) is 5.95 Å². The fourth-order valence-electron chi connectivity index (χ4n) is 5.19. The minimum Gasteiger partial charge on any atom is -0.322 e. The summed E-state index contributed by atoms with van der Waals surface area (Å²) in [5, 5.41) is 29.8. The standard InChI is InChI=1S/C34H42N10O6S4/c1-20-14-22(3)33(23(4)15-20)44-41-26-18-31(51-10-8-12-53(45,46)47)29(16-21(26)2)43-42-28-19-32(52-11-9-13-54(48,49)50)30(40-35-7)17-27(28)39-34-37-24(5)36-25(6)38-34/h14-19H,8-13H2,1-7H3,(H,45,46,47)(H,48,49,50)(H,36,37,38,39). The van der Waals surface area contributed by atoms with Crippen LogP contribution in [0.4, 0.5) is 40.1 Å². The highest BCUT2D eigenvalue weighted by Crippen LogP contribution is 2.43. The van der Waals surface area contributed by atoms with Crippen molar-refractivity contribution in [1.82, 2.24) is 15.0 Å². The lowest BCUT2D eigenvalue weighted by atomic mass is 10.1. The molecule has 0 saturated heterocycles. The molecule has 0 aliphatic heterocycles. The van der Waals surface area contributed by atoms with Gasteiger partial charge in [0, 0.05) is 16.8 Å². The third-order valence-electron chi connectivity index (χ3n) is 7.44. The Labute approximate surface area is 323 Å². The number of nitrogens with one attached hydrogen (secondary N) is 1. The van der Waals surface area contributed by atoms with Crippen LogP contribution in [-0.4, -0.2) is 71.0 Å². The minimum atomic E-state index is -4.13. The first-order valence-corrected chi connectivity index (χ1v) is 21.8. The van der Waals surface area contributed by atoms with E-state index in [4.69, 9.17) is 0 Å². The van der Waals surface area contributed by atoms with Gasteiger partial charge in [-0.3, -0.25) is 9.11 Å². The Bertz CT molecular complexity index is 2270. The van der Waals surface area contributed by atoms with Crippen molar-refractivity contribution in [2.75, 3.05) is 35.4 Å². The zero-order chi connectivity index (χ0) is 39.6. The number of azo groups is 3. The maximum absolute atomic E-state index is 11.4. The van der Waals surface area contributed by atoms with Gasteiger partial charge in [0.15, 0.2) is 0 Å². The monoisotopic (exact) mass is 814 g/mol. The molecule has 0 atom stereocenters. The molecule has 0 unspecified atom stereocenters. The lowest BCUT2D eigenvalue weighted by Gasteiger charge is -2.13. The van der Waals surface area contributed by atoms with Crippen LogP contribution in [0.5, 0.6) is 0 Å². The van der Waals surface area contributed by atoms with Gasteiger partial charge in [0.25, 0.3) is 20.2 Å². The minimum absolute atomic E-state index is 0.191. The molecule has 0 bridgehead atoms. The number of anilines is 2. The van der Waals surface area contributed by atoms with Crippen molar-refractivity contribution >= 4 is 83.8 Å². The van der Waals surface area contributed by atoms with E-state index >= 15 is 0 Å². The van der Waals surface area contributed by atoms with Gasteiger partial charge in [-0.15, -0.1) is 38.9 Å². The Balaban J connectivity index is 1.79. The molecule has 1 aromatic heterocycles. The SMILES string of the molecule is CN=Nc1cc(Nc2nc(C)nc(C)n2)c(N=Nc2cc(C)c(N=Nc3c(C)cc(C)cc3C)cc2SCCCS(=O)(=O)O)cc1SCCCS(=O)(=O)O. The van der Waals surface area contributed by atoms with Crippen LogP contribution >= 0.6 is 23.5 Å². The smallest absolute Gasteiger partial charge is 0.264 e. The van der Waals surface area contributed by atoms with E-state index in [1.165, 1.54) is 30.6 Å². The molecule has 4 aromatic rings. The molecule has 54 heavy (non-hydrogen) atoms. The largest absolute Gasteiger partial charge is 0.322 e. The van der Waals surface area contributed by atoms with Crippen LogP contribution < -0.4 is 5.32 Å². The molecule has 288 valence electrons. The third kappa shape index (κ3) is 13.3. The van der Waals surface area contributed by atoms with Crippen LogP contribution in [0.25, 0.3) is 0 Å². The Morgan fingerprint density at radius 3 is 1.65 bits per heavy atom. The van der Waals surface area contributed by atoms with E-state index in [1.54, 1.807) is 26.0 Å². The van der Waals surface area contributed by atoms with Gasteiger partial charge < -0.3 is 5.32 Å². The van der Waals surface area contributed by atoms with E-state index in [2.05, 4.69) is 51.0 Å². The summed E-state index contributed by atoms with van der Waals surface area (Å²) < 4.78 is 63.9. The lowest BCUT2D eigenvalue weighted by molar-refractivity contribution is 0.480. The van der Waals surface area contributed by atoms with Crippen molar-refractivity contribution in [3.8, 4) is 0 Å². The topological polar surface area (TPSA) is 234 Å². The molecule has 1 heterocycles. The molecule has 0 saturated carbocycles. The normalized spacial score (nSPS) is 12.5. The van der Waals surface area contributed by atoms with E-state index < -0.39 is 31.7 Å². The summed E-state index contributed by atoms with van der Waals surface area (Å²) in [5.74, 6) is 1.19. The quantitative estimate of drug-likeness (QED) is 0.0391. The average molecular weight is 815 g/mol. The van der Waals surface area contributed by atoms with Crippen molar-refractivity contribution in [3.05, 3.63) is 70.3 Å². The lowest BCUT2D eigenvalue weighted by Crippen LogP contribution is -2.04. The van der Waals surface area contributed by atoms with Gasteiger partial charge in [-0.2, -0.15) is 42.1 Å². The van der Waals surface area contributed by atoms with Gasteiger partial charge in [-0.05, 0) is 107 Å². The highest BCUT2D eigenvalue weighted by molar-refractivity contribution is 7.99. The molecule has 0 aliphatic rings. The maximum atomic E-state index is 11.4. The van der Waals surface area contributed by atoms with E-state index in [9.17, 15) is 25.9 Å². The Hall–Kier alpha value is -4.21. The Morgan fingerprint density at radius 2 is 1.11 bits per heavy atom. The van der Waals surface area contributed by atoms with Crippen molar-refractivity contribution in [3.63, 3.8) is 0 Å². The summed E-state index contributed by atoms with van der Waals surface area (Å²) in [7, 11) is -6.73. The highest BCUT2D eigenvalue weighted by atomic mass is 32.2. The number of nitrogens with zero attached hydrogens (tertiary/aromatic N) is 9. The number of rotatable bonds is 17. The van der Waals surface area contributed by atoms with Crippen molar-refractivity contribution in [2.24, 2.45) is 30.7 Å². The first-order valence-electron chi connectivity index (χ1n) is 16.6. The van der Waals surface area contributed by atoms with E-state index in [0.29, 0.717) is 61.4 Å². The first kappa shape index (κ1) is 42.5. The van der Waals surface area contributed by atoms with E-state index in [0.717, 1.165) is 27.9 Å². The maximum Gasteiger partial charge on any atom is 0.264 e. The van der Waals surface area contributed by atoms with Crippen LogP contribution in [0.1, 0.15) is 46.7 Å². The van der Waals surface area contributed by atoms with Crippen molar-refractivity contribution in [2.45, 2.75) is 64.2 Å². The molecule has 0 fully saturated rings. The number of benzene rings is 3. The van der Waals surface area contributed by atoms with Crippen LogP contribution in [0, 0.1) is 41.5 Å². The number of hydrogen-bond acceptors (Lipinski definition) is 16. The molecule has 3 N–H and O–H groups in total. The zero-order valence-electron chi connectivity index (χ0n) is 30.9. The summed E-state index contributed by atoms with van der Waals surface area (Å²) in [6.07, 6.45) is 0.383. The number of aromatic nitrogens is 3. The van der Waals surface area contributed by atoms with Gasteiger partial charge in [-0.1, -0.05) is 17.7 Å². The number of thioether (sulfide) groups is 2. The molecule has 0 radical (unpaired) electrons. The van der Waals surface area contributed by atoms with E-state index in [-0.39, 0.29) is 18.8 Å². The second kappa shape index (κ2) is 18.9. The van der Waals surface area contributed by atoms with E-state index in [1.807, 2.05) is 52.0 Å². The average Bonchev–Trinajstić information content (AvgIpc) is 3.04. The fourth-order valence-corrected chi connectivity index (χ4v) is 8.47. The summed E-state index contributed by atoms with van der Waals surface area (Å²) in [6, 6.07) is 11.2. The second-order valence-corrected chi connectivity index (χ2v) is 17.7. The van der Waals surface area contributed by atoms with Crippen LogP contribution in [0.15, 0.2) is 76.9 Å². The predicted octanol–water partition coefficient (Wildman–Crippen LogP) is 9.75. The Kier molecular flexibility index (Phi) is 14.9. The molecule has 16 nitrogen and oxygen atoms in total. The molecule has 4 rings (SSSR count). The third-order valence-corrected chi connectivity index (χ3v) is 11.3. The molecular weight excluding hydrogens is 773 g/mol. The van der Waals surface area contributed by atoms with Crippen molar-refractivity contribution in [1.29, 1.82) is 0 Å². The van der Waals surface area contributed by atoms with Crippen LogP contribution in [0.3, 0.4) is 0 Å². The summed E-state index contributed by atoms with van der Waals surface area (Å²) in [5.41, 5.74) is 7.00. The summed E-state index contributed by atoms with van der Waals surface area (Å²) in [6.45, 7) is 11.3. The molecule has 20 heteroatoms. The molecule has 0 spiro atoms. The number of hydrogen-bond donors (Lipinski definition) is 3. The highest BCUT2D eigenvalue weighted by Gasteiger charge is 2.16. The number of aryl methyl sites for hydroxylation is 6. The van der Waals surface area contributed by atoms with Gasteiger partial charge in [-0.25, -0.2) is 4.98 Å². The summed E-state index contributed by atoms with van der Waals surface area (Å²) in [4.78, 5) is 14.3. The summed E-state index contributed by atoms with van der Waals surface area (Å²) >= 11 is 2.66. The van der Waals surface area contributed by atoms with Gasteiger partial charge in [0.05, 0.1) is 34.3 Å². The fraction of sp³-hybridized carbons (Fsp3) is 0.382. The predicted molar refractivity (Wildman–Crippen MR) is 213 cm³/mol. The molecule has 0 aliphatic carbocycles. The zero-order valence-corrected chi connectivity index (χ0v) is 34.2. The second-order valence-electron chi connectivity index (χ2n) is 12.2. The van der Waals surface area contributed by atoms with Gasteiger partial charge >= 0.3 is 0 Å². The first-order chi connectivity index (χ1) is 25.4. The Morgan fingerprint density at radius 1 is 0.611 bits per heavy atom.